The van der Waals surface area contributed by atoms with Gasteiger partial charge in [-0.25, -0.2) is 4.79 Å². The minimum Gasteiger partial charge on any atom is -0.481 e. The molecule has 19 heavy (non-hydrogen) atoms. The van der Waals surface area contributed by atoms with Crippen molar-refractivity contribution in [2.24, 2.45) is 0 Å². The number of aliphatic carboxylic acids is 2. The van der Waals surface area contributed by atoms with Gasteiger partial charge in [0.2, 0.25) is 0 Å². The van der Waals surface area contributed by atoms with Gasteiger partial charge >= 0.3 is 11.9 Å². The van der Waals surface area contributed by atoms with E-state index in [1.54, 1.807) is 12.1 Å². The Hall–Kier alpha value is -1.41. The second kappa shape index (κ2) is 6.67. The fourth-order valence-electron chi connectivity index (χ4n) is 1.28. The highest BCUT2D eigenvalue weighted by atomic mass is 79.9. The number of nitrogens with one attached hydrogen (secondary N) is 1. The fourth-order valence-corrected chi connectivity index (χ4v) is 2.51. The molecule has 0 saturated heterocycles. The van der Waals surface area contributed by atoms with Crippen molar-refractivity contribution in [3.05, 3.63) is 32.7 Å². The molecule has 0 aliphatic rings. The van der Waals surface area contributed by atoms with E-state index in [0.717, 1.165) is 4.47 Å². The van der Waals surface area contributed by atoms with Gasteiger partial charge in [-0.05, 0) is 34.1 Å². The zero-order valence-electron chi connectivity index (χ0n) is 9.39. The molecule has 3 N–H and O–H groups in total. The van der Waals surface area contributed by atoms with Crippen LogP contribution in [0.4, 0.5) is 0 Å². The number of halogens is 2. The zero-order valence-corrected chi connectivity index (χ0v) is 12.6. The van der Waals surface area contributed by atoms with Gasteiger partial charge in [-0.1, -0.05) is 15.9 Å². The van der Waals surface area contributed by atoms with E-state index in [9.17, 15) is 14.4 Å². The Labute approximate surface area is 125 Å². The normalized spacial score (nSPS) is 11.7. The molecule has 0 unspecified atom stereocenters. The SMILES string of the molecule is O=C(O)C[C@@H](NC(=O)c1ccc(Br)cc1Br)C(=O)O. The lowest BCUT2D eigenvalue weighted by molar-refractivity contribution is -0.145. The van der Waals surface area contributed by atoms with Crippen LogP contribution in [0, 0.1) is 0 Å². The molecule has 1 aromatic carbocycles. The van der Waals surface area contributed by atoms with E-state index in [-0.39, 0.29) is 5.56 Å². The molecule has 8 heteroatoms. The van der Waals surface area contributed by atoms with Gasteiger partial charge in [0.15, 0.2) is 0 Å². The molecule has 1 aromatic rings. The topological polar surface area (TPSA) is 104 Å². The summed E-state index contributed by atoms with van der Waals surface area (Å²) in [6.07, 6.45) is -0.685. The third-order valence-corrected chi connectivity index (χ3v) is 3.31. The number of carboxylic acid groups (broad SMARTS) is 2. The summed E-state index contributed by atoms with van der Waals surface area (Å²) in [4.78, 5) is 33.2. The van der Waals surface area contributed by atoms with E-state index in [4.69, 9.17) is 10.2 Å². The van der Waals surface area contributed by atoms with Gasteiger partial charge in [0.1, 0.15) is 6.04 Å². The first-order chi connectivity index (χ1) is 8.81. The fraction of sp³-hybridized carbons (Fsp3) is 0.182. The van der Waals surface area contributed by atoms with Gasteiger partial charge in [0, 0.05) is 8.95 Å². The average molecular weight is 395 g/mol. The molecule has 0 saturated carbocycles. The Balaban J connectivity index is 2.87. The average Bonchev–Trinajstić information content (AvgIpc) is 2.26. The molecule has 1 atom stereocenters. The number of carbonyl (C=O) groups is 3. The lowest BCUT2D eigenvalue weighted by Crippen LogP contribution is -2.42. The summed E-state index contributed by atoms with van der Waals surface area (Å²) < 4.78 is 1.22. The molecule has 0 heterocycles. The number of rotatable bonds is 5. The molecule has 0 bridgehead atoms. The zero-order chi connectivity index (χ0) is 14.6. The van der Waals surface area contributed by atoms with Gasteiger partial charge < -0.3 is 15.5 Å². The molecule has 0 aliphatic carbocycles. The Bertz CT molecular complexity index is 532. The summed E-state index contributed by atoms with van der Waals surface area (Å²) in [6, 6.07) is 3.26. The molecular formula is C11H9Br2NO5. The van der Waals surface area contributed by atoms with Crippen LogP contribution in [0.2, 0.25) is 0 Å². The largest absolute Gasteiger partial charge is 0.481 e. The minimum absolute atomic E-state index is 0.222. The van der Waals surface area contributed by atoms with Gasteiger partial charge in [0.25, 0.3) is 5.91 Å². The summed E-state index contributed by atoms with van der Waals surface area (Å²) >= 11 is 6.39. The molecule has 0 aliphatic heterocycles. The van der Waals surface area contributed by atoms with Crippen molar-refractivity contribution in [3.8, 4) is 0 Å². The minimum atomic E-state index is -1.47. The Kier molecular flexibility index (Phi) is 5.49. The van der Waals surface area contributed by atoms with Crippen LogP contribution in [0.5, 0.6) is 0 Å². The van der Waals surface area contributed by atoms with Crippen molar-refractivity contribution in [3.63, 3.8) is 0 Å². The summed E-state index contributed by atoms with van der Waals surface area (Å²) in [6.45, 7) is 0. The molecule has 0 radical (unpaired) electrons. The van der Waals surface area contributed by atoms with Crippen molar-refractivity contribution >= 4 is 49.7 Å². The van der Waals surface area contributed by atoms with Gasteiger partial charge in [-0.3, -0.25) is 9.59 Å². The maximum Gasteiger partial charge on any atom is 0.326 e. The van der Waals surface area contributed by atoms with E-state index >= 15 is 0 Å². The first-order valence-corrected chi connectivity index (χ1v) is 6.60. The monoisotopic (exact) mass is 393 g/mol. The lowest BCUT2D eigenvalue weighted by Gasteiger charge is -2.13. The molecular weight excluding hydrogens is 386 g/mol. The Morgan fingerprint density at radius 1 is 1.21 bits per heavy atom. The van der Waals surface area contributed by atoms with E-state index < -0.39 is 30.3 Å². The highest BCUT2D eigenvalue weighted by Crippen LogP contribution is 2.22. The second-order valence-electron chi connectivity index (χ2n) is 3.59. The summed E-state index contributed by atoms with van der Waals surface area (Å²) in [5.41, 5.74) is 0.222. The standard InChI is InChI=1S/C11H9Br2NO5/c12-5-1-2-6(7(13)3-5)10(17)14-8(11(18)19)4-9(15)16/h1-3,8H,4H2,(H,14,17)(H,15,16)(H,18,19)/t8-/m1/s1. The molecule has 1 amide bonds. The number of benzene rings is 1. The van der Waals surface area contributed by atoms with Crippen LogP contribution >= 0.6 is 31.9 Å². The van der Waals surface area contributed by atoms with E-state index in [1.165, 1.54) is 6.07 Å². The second-order valence-corrected chi connectivity index (χ2v) is 5.36. The molecule has 6 nitrogen and oxygen atoms in total. The van der Waals surface area contributed by atoms with Crippen LogP contribution in [0.1, 0.15) is 16.8 Å². The number of carboxylic acids is 2. The number of hydrogen-bond acceptors (Lipinski definition) is 3. The third kappa shape index (κ3) is 4.64. The quantitative estimate of drug-likeness (QED) is 0.707. The number of amides is 1. The summed E-state index contributed by atoms with van der Waals surface area (Å²) in [7, 11) is 0. The number of hydrogen-bond donors (Lipinski definition) is 3. The van der Waals surface area contributed by atoms with Crippen LogP contribution in [0.25, 0.3) is 0 Å². The lowest BCUT2D eigenvalue weighted by atomic mass is 10.1. The van der Waals surface area contributed by atoms with Gasteiger partial charge in [-0.15, -0.1) is 0 Å². The maximum absolute atomic E-state index is 11.9. The van der Waals surface area contributed by atoms with E-state index in [2.05, 4.69) is 37.2 Å². The first-order valence-electron chi connectivity index (χ1n) is 5.01. The first kappa shape index (κ1) is 15.6. The van der Waals surface area contributed by atoms with Crippen molar-refractivity contribution in [1.29, 1.82) is 0 Å². The van der Waals surface area contributed by atoms with Gasteiger partial charge in [0.05, 0.1) is 12.0 Å². The third-order valence-electron chi connectivity index (χ3n) is 2.16. The number of carbonyl (C=O) groups excluding carboxylic acids is 1. The highest BCUT2D eigenvalue weighted by Gasteiger charge is 2.24. The molecule has 102 valence electrons. The van der Waals surface area contributed by atoms with Crippen LogP contribution < -0.4 is 5.32 Å². The predicted octanol–water partition coefficient (Wildman–Crippen LogP) is 1.87. The van der Waals surface area contributed by atoms with Crippen LogP contribution in [-0.2, 0) is 9.59 Å². The van der Waals surface area contributed by atoms with Crippen molar-refractivity contribution in [2.75, 3.05) is 0 Å². The highest BCUT2D eigenvalue weighted by molar-refractivity contribution is 9.11. The molecule has 0 spiro atoms. The van der Waals surface area contributed by atoms with Crippen LogP contribution in [-0.4, -0.2) is 34.1 Å². The maximum atomic E-state index is 11.9. The van der Waals surface area contributed by atoms with Crippen LogP contribution in [0.15, 0.2) is 27.1 Å². The summed E-state index contributed by atoms with van der Waals surface area (Å²) in [5, 5.41) is 19.6. The molecule has 1 rings (SSSR count). The summed E-state index contributed by atoms with van der Waals surface area (Å²) in [5.74, 6) is -3.36. The smallest absolute Gasteiger partial charge is 0.326 e. The Morgan fingerprint density at radius 2 is 1.84 bits per heavy atom. The van der Waals surface area contributed by atoms with E-state index in [1.807, 2.05) is 0 Å². The van der Waals surface area contributed by atoms with Crippen molar-refractivity contribution in [1.82, 2.24) is 5.32 Å². The Morgan fingerprint density at radius 3 is 2.32 bits per heavy atom. The predicted molar refractivity (Wildman–Crippen MR) is 73.0 cm³/mol. The van der Waals surface area contributed by atoms with Gasteiger partial charge in [-0.2, -0.15) is 0 Å². The van der Waals surface area contributed by atoms with Crippen molar-refractivity contribution < 1.29 is 24.6 Å². The van der Waals surface area contributed by atoms with Crippen LogP contribution in [0.3, 0.4) is 0 Å². The van der Waals surface area contributed by atoms with E-state index in [0.29, 0.717) is 4.47 Å². The molecule has 0 fully saturated rings. The van der Waals surface area contributed by atoms with Crippen molar-refractivity contribution in [2.45, 2.75) is 12.5 Å². The molecule has 0 aromatic heterocycles.